The Labute approximate surface area is 281 Å². The molecule has 264 valence electrons. The van der Waals surface area contributed by atoms with E-state index in [0.29, 0.717) is 18.4 Å². The molecule has 2 heterocycles. The van der Waals surface area contributed by atoms with Crippen LogP contribution in [0.1, 0.15) is 113 Å². The Hall–Kier alpha value is -2.13. The first-order valence-corrected chi connectivity index (χ1v) is 18.0. The zero-order valence-electron chi connectivity index (χ0n) is 30.6. The van der Waals surface area contributed by atoms with Gasteiger partial charge in [-0.2, -0.15) is 0 Å². The summed E-state index contributed by atoms with van der Waals surface area (Å²) in [6.45, 7) is 19.2. The molecule has 2 aliphatic heterocycles. The Kier molecular flexibility index (Phi) is 18.9. The van der Waals surface area contributed by atoms with Crippen LogP contribution in [0.15, 0.2) is 47.7 Å². The molecule has 8 nitrogen and oxygen atoms in total. The summed E-state index contributed by atoms with van der Waals surface area (Å²) in [5, 5.41) is 1.85. The van der Waals surface area contributed by atoms with Crippen molar-refractivity contribution in [2.75, 3.05) is 26.8 Å². The van der Waals surface area contributed by atoms with Crippen molar-refractivity contribution in [1.29, 1.82) is 0 Å². The van der Waals surface area contributed by atoms with Crippen LogP contribution in [0.2, 0.25) is 0 Å². The summed E-state index contributed by atoms with van der Waals surface area (Å²) in [6, 6.07) is 0.0422. The van der Waals surface area contributed by atoms with Crippen LogP contribution in [0.3, 0.4) is 0 Å². The maximum Gasteiger partial charge on any atom is 0.410 e. The predicted molar refractivity (Wildman–Crippen MR) is 189 cm³/mol. The van der Waals surface area contributed by atoms with Crippen molar-refractivity contribution in [3.05, 3.63) is 47.7 Å². The summed E-state index contributed by atoms with van der Waals surface area (Å²) in [7, 11) is 1.78. The second kappa shape index (κ2) is 21.7. The van der Waals surface area contributed by atoms with E-state index in [-0.39, 0.29) is 42.7 Å². The highest BCUT2D eigenvalue weighted by molar-refractivity contribution is 5.67. The lowest BCUT2D eigenvalue weighted by Gasteiger charge is -2.43. The summed E-state index contributed by atoms with van der Waals surface area (Å²) < 4.78 is 23.9. The number of carbonyl (C=O) groups excluding carboxylic acids is 1. The summed E-state index contributed by atoms with van der Waals surface area (Å²) in [5.41, 5.74) is 2.14. The molecule has 1 amide bonds. The minimum Gasteiger partial charge on any atom is -0.442 e. The molecule has 8 atom stereocenters. The lowest BCUT2D eigenvalue weighted by molar-refractivity contribution is -0.108. The molecule has 8 unspecified atom stereocenters. The highest BCUT2D eigenvalue weighted by Crippen LogP contribution is 2.32. The molecule has 0 aromatic carbocycles. The molecule has 2 aliphatic rings. The normalized spacial score (nSPS) is 28.5. The number of carbonyl (C=O) groups is 1. The van der Waals surface area contributed by atoms with E-state index < -0.39 is 0 Å². The maximum absolute atomic E-state index is 12.8. The van der Waals surface area contributed by atoms with Gasteiger partial charge in [-0.05, 0) is 96.6 Å². The predicted octanol–water partition coefficient (Wildman–Crippen LogP) is 8.34. The number of nitrogens with zero attached hydrogens (tertiary/aromatic N) is 2. The lowest BCUT2D eigenvalue weighted by Crippen LogP contribution is -2.53. The van der Waals surface area contributed by atoms with Gasteiger partial charge in [0.2, 0.25) is 0 Å². The first-order chi connectivity index (χ1) is 22.0. The molecule has 0 aliphatic carbocycles. The van der Waals surface area contributed by atoms with Gasteiger partial charge >= 0.3 is 6.09 Å². The molecule has 0 aromatic heterocycles. The van der Waals surface area contributed by atoms with Crippen molar-refractivity contribution in [3.8, 4) is 0 Å². The Morgan fingerprint density at radius 1 is 1.00 bits per heavy atom. The molecule has 0 bridgehead atoms. The van der Waals surface area contributed by atoms with Crippen molar-refractivity contribution in [2.24, 2.45) is 17.7 Å². The number of hydrogen-bond donors (Lipinski definition) is 1. The number of ether oxygens (including phenoxy) is 4. The minimum absolute atomic E-state index is 0.0278. The first kappa shape index (κ1) is 40.0. The van der Waals surface area contributed by atoms with Crippen LogP contribution in [0, 0.1) is 11.8 Å². The van der Waals surface area contributed by atoms with Crippen LogP contribution in [-0.2, 0) is 18.9 Å². The highest BCUT2D eigenvalue weighted by Gasteiger charge is 2.36. The standard InChI is InChI=1S/C38H67N3O5/c1-10-13-14-23-40(22-12-3)38(42)45-30(6)18-19-34(15-11-2)41(39)36-24-29(5)37(46-32(36)8)21-17-28(4)16-20-35-26-33(27-43-9)25-31(7)44-35/h15-20,29-33,35-37H,10-14,21-27,39H2,1-9H3/b19-18-,20-16+,28-17+,34-15+. The number of allylic oxidation sites excluding steroid dienone is 4. The van der Waals surface area contributed by atoms with Gasteiger partial charge in [0.1, 0.15) is 6.10 Å². The molecule has 2 rings (SSSR count). The van der Waals surface area contributed by atoms with Gasteiger partial charge in [0.15, 0.2) is 0 Å². The van der Waals surface area contributed by atoms with E-state index >= 15 is 0 Å². The molecule has 0 saturated carbocycles. The quantitative estimate of drug-likeness (QED) is 0.0694. The topological polar surface area (TPSA) is 86.5 Å². The zero-order chi connectivity index (χ0) is 34.1. The van der Waals surface area contributed by atoms with Gasteiger partial charge in [0.25, 0.3) is 0 Å². The molecular weight excluding hydrogens is 578 g/mol. The largest absolute Gasteiger partial charge is 0.442 e. The second-order valence-corrected chi connectivity index (χ2v) is 13.6. The summed E-state index contributed by atoms with van der Waals surface area (Å²) in [5.74, 6) is 7.66. The fraction of sp³-hybridized carbons (Fsp3) is 0.763. The van der Waals surface area contributed by atoms with E-state index in [4.69, 9.17) is 24.8 Å². The van der Waals surface area contributed by atoms with E-state index in [1.807, 2.05) is 29.0 Å². The van der Waals surface area contributed by atoms with E-state index in [1.165, 1.54) is 5.57 Å². The zero-order valence-corrected chi connectivity index (χ0v) is 30.6. The van der Waals surface area contributed by atoms with Crippen molar-refractivity contribution in [3.63, 3.8) is 0 Å². The third-order valence-electron chi connectivity index (χ3n) is 9.14. The Bertz CT molecular complexity index is 995. The molecule has 0 radical (unpaired) electrons. The first-order valence-electron chi connectivity index (χ1n) is 18.0. The highest BCUT2D eigenvalue weighted by atomic mass is 16.6. The number of methoxy groups -OCH3 is 1. The van der Waals surface area contributed by atoms with Crippen LogP contribution in [-0.4, -0.2) is 79.4 Å². The van der Waals surface area contributed by atoms with E-state index in [2.05, 4.69) is 72.8 Å². The monoisotopic (exact) mass is 646 g/mol. The van der Waals surface area contributed by atoms with Crippen molar-refractivity contribution in [2.45, 2.75) is 150 Å². The molecule has 0 aromatic rings. The minimum atomic E-state index is -0.362. The molecule has 2 saturated heterocycles. The number of unbranched alkanes of at least 4 members (excludes halogenated alkanes) is 2. The molecule has 2 fully saturated rings. The average molecular weight is 646 g/mol. The van der Waals surface area contributed by atoms with Gasteiger partial charge in [-0.1, -0.05) is 70.4 Å². The Morgan fingerprint density at radius 2 is 1.76 bits per heavy atom. The fourth-order valence-electron chi connectivity index (χ4n) is 6.57. The summed E-state index contributed by atoms with van der Waals surface area (Å²) >= 11 is 0. The van der Waals surface area contributed by atoms with Crippen LogP contribution >= 0.6 is 0 Å². The fourth-order valence-corrected chi connectivity index (χ4v) is 6.57. The van der Waals surface area contributed by atoms with Gasteiger partial charge in [0.05, 0.1) is 30.5 Å². The lowest BCUT2D eigenvalue weighted by atomic mass is 9.87. The molecule has 8 heteroatoms. The average Bonchev–Trinajstić information content (AvgIpc) is 3.01. The maximum atomic E-state index is 12.8. The van der Waals surface area contributed by atoms with Gasteiger partial charge < -0.3 is 28.9 Å². The smallest absolute Gasteiger partial charge is 0.410 e. The molecule has 0 spiro atoms. The third kappa shape index (κ3) is 13.9. The van der Waals surface area contributed by atoms with Crippen molar-refractivity contribution in [1.82, 2.24) is 9.91 Å². The van der Waals surface area contributed by atoms with Gasteiger partial charge in [-0.25, -0.2) is 10.6 Å². The number of hydrogen-bond acceptors (Lipinski definition) is 7. The van der Waals surface area contributed by atoms with Crippen LogP contribution in [0.4, 0.5) is 4.79 Å². The molecule has 2 N–H and O–H groups in total. The van der Waals surface area contributed by atoms with Crippen LogP contribution in [0.5, 0.6) is 0 Å². The second-order valence-electron chi connectivity index (χ2n) is 13.6. The number of nitrogens with two attached hydrogens (primary N) is 1. The van der Waals surface area contributed by atoms with Crippen molar-refractivity contribution < 1.29 is 23.7 Å². The molecular formula is C38H67N3O5. The number of rotatable bonds is 18. The Balaban J connectivity index is 1.95. The number of amides is 1. The Morgan fingerprint density at radius 3 is 2.43 bits per heavy atom. The third-order valence-corrected chi connectivity index (χ3v) is 9.14. The van der Waals surface area contributed by atoms with Crippen molar-refractivity contribution >= 4 is 6.09 Å². The van der Waals surface area contributed by atoms with Crippen LogP contribution in [0.25, 0.3) is 0 Å². The van der Waals surface area contributed by atoms with Crippen LogP contribution < -0.4 is 5.84 Å². The molecule has 46 heavy (non-hydrogen) atoms. The van der Waals surface area contributed by atoms with Gasteiger partial charge in [-0.15, -0.1) is 0 Å². The SMILES string of the molecule is CC/C=C(\C=C/C(C)OC(=O)N(CCC)CCCCC)N(N)C1CC(C)C(C/C=C(C)/C=C/C2CC(COC)CC(C)O2)OC1C. The van der Waals surface area contributed by atoms with E-state index in [0.717, 1.165) is 76.6 Å². The van der Waals surface area contributed by atoms with E-state index in [9.17, 15) is 4.79 Å². The summed E-state index contributed by atoms with van der Waals surface area (Å²) in [6.07, 6.45) is 21.4. The number of hydrazine groups is 1. The van der Waals surface area contributed by atoms with Gasteiger partial charge in [0, 0.05) is 32.5 Å². The summed E-state index contributed by atoms with van der Waals surface area (Å²) in [4.78, 5) is 14.7. The van der Waals surface area contributed by atoms with E-state index in [1.54, 1.807) is 7.11 Å². The van der Waals surface area contributed by atoms with Gasteiger partial charge in [-0.3, -0.25) is 0 Å².